The first-order chi connectivity index (χ1) is 6.68. The number of aryl methyl sites for hydroxylation is 1. The molecule has 0 spiro atoms. The van der Waals surface area contributed by atoms with E-state index in [1.165, 1.54) is 6.33 Å². The molecule has 7 heteroatoms. The van der Waals surface area contributed by atoms with Crippen LogP contribution < -0.4 is 0 Å². The number of nitrogens with zero attached hydrogens (tertiary/aromatic N) is 4. The lowest BCUT2D eigenvalue weighted by molar-refractivity contribution is 0.773. The Bertz CT molecular complexity index is 517. The molecule has 14 heavy (non-hydrogen) atoms. The molecule has 2 heterocycles. The molecular formula is C7H6ClN5S. The van der Waals surface area contributed by atoms with Gasteiger partial charge in [-0.1, -0.05) is 23.8 Å². The standard InChI is InChI=1S/C7H6ClN5S/c1-13-6(9-3-10-13)4-2-5(8)11-12-7(4)14/h2-3H,1H3,(H,12,14). The van der Waals surface area contributed by atoms with Crippen molar-refractivity contribution in [2.75, 3.05) is 0 Å². The molecule has 0 aliphatic rings. The summed E-state index contributed by atoms with van der Waals surface area (Å²) in [4.78, 5) is 4.07. The zero-order valence-corrected chi connectivity index (χ0v) is 8.80. The molecular weight excluding hydrogens is 222 g/mol. The van der Waals surface area contributed by atoms with E-state index in [1.54, 1.807) is 17.8 Å². The highest BCUT2D eigenvalue weighted by atomic mass is 35.5. The van der Waals surface area contributed by atoms with E-state index >= 15 is 0 Å². The van der Waals surface area contributed by atoms with Crippen LogP contribution in [0, 0.1) is 4.64 Å². The summed E-state index contributed by atoms with van der Waals surface area (Å²) in [5.74, 6) is 0.663. The molecule has 1 N–H and O–H groups in total. The van der Waals surface area contributed by atoms with Gasteiger partial charge in [0.15, 0.2) is 5.82 Å². The van der Waals surface area contributed by atoms with Crippen LogP contribution in [0.15, 0.2) is 12.4 Å². The Kier molecular flexibility index (Phi) is 2.30. The Morgan fingerprint density at radius 2 is 2.36 bits per heavy atom. The molecule has 0 saturated heterocycles. The Labute approximate surface area is 89.8 Å². The van der Waals surface area contributed by atoms with Crippen molar-refractivity contribution in [2.45, 2.75) is 0 Å². The summed E-state index contributed by atoms with van der Waals surface area (Å²) < 4.78 is 2.11. The second kappa shape index (κ2) is 3.47. The summed E-state index contributed by atoms with van der Waals surface area (Å²) in [7, 11) is 1.78. The highest BCUT2D eigenvalue weighted by Gasteiger charge is 2.07. The third-order valence-electron chi connectivity index (χ3n) is 1.72. The number of H-pyrrole nitrogens is 1. The van der Waals surface area contributed by atoms with E-state index in [2.05, 4.69) is 20.3 Å². The summed E-state index contributed by atoms with van der Waals surface area (Å²) >= 11 is 10.8. The topological polar surface area (TPSA) is 59.4 Å². The van der Waals surface area contributed by atoms with Gasteiger partial charge < -0.3 is 0 Å². The minimum absolute atomic E-state index is 0.344. The number of nitrogens with one attached hydrogen (secondary N) is 1. The molecule has 2 aromatic heterocycles. The number of halogens is 1. The highest BCUT2D eigenvalue weighted by molar-refractivity contribution is 7.71. The molecule has 0 atom stereocenters. The molecule has 0 unspecified atom stereocenters. The largest absolute Gasteiger partial charge is 0.266 e. The average molecular weight is 228 g/mol. The Balaban J connectivity index is 2.68. The lowest BCUT2D eigenvalue weighted by Crippen LogP contribution is -1.96. The van der Waals surface area contributed by atoms with Gasteiger partial charge in [-0.05, 0) is 6.07 Å². The molecule has 2 aromatic rings. The molecule has 0 fully saturated rings. The lowest BCUT2D eigenvalue weighted by atomic mass is 10.3. The predicted octanol–water partition coefficient (Wildman–Crippen LogP) is 1.59. The van der Waals surface area contributed by atoms with Gasteiger partial charge in [0, 0.05) is 7.05 Å². The fraction of sp³-hybridized carbons (Fsp3) is 0.143. The monoisotopic (exact) mass is 227 g/mol. The molecule has 0 radical (unpaired) electrons. The molecule has 0 amide bonds. The Hall–Kier alpha value is -1.27. The molecule has 0 bridgehead atoms. The SMILES string of the molecule is Cn1ncnc1-c1cc(Cl)n[nH]c1=S. The van der Waals surface area contributed by atoms with E-state index in [0.29, 0.717) is 15.6 Å². The van der Waals surface area contributed by atoms with E-state index in [4.69, 9.17) is 23.8 Å². The maximum absolute atomic E-state index is 5.74. The van der Waals surface area contributed by atoms with Crippen molar-refractivity contribution < 1.29 is 0 Å². The number of hydrogen-bond donors (Lipinski definition) is 1. The van der Waals surface area contributed by atoms with Gasteiger partial charge in [0.1, 0.15) is 16.1 Å². The third-order valence-corrected chi connectivity index (χ3v) is 2.23. The minimum atomic E-state index is 0.344. The molecule has 0 aliphatic heterocycles. The molecule has 0 aliphatic carbocycles. The highest BCUT2D eigenvalue weighted by Crippen LogP contribution is 2.18. The van der Waals surface area contributed by atoms with E-state index in [0.717, 1.165) is 5.56 Å². The van der Waals surface area contributed by atoms with E-state index in [-0.39, 0.29) is 0 Å². The Morgan fingerprint density at radius 1 is 1.57 bits per heavy atom. The quantitative estimate of drug-likeness (QED) is 0.752. The van der Waals surface area contributed by atoms with Crippen LogP contribution >= 0.6 is 23.8 Å². The van der Waals surface area contributed by atoms with Crippen molar-refractivity contribution in [2.24, 2.45) is 7.05 Å². The summed E-state index contributed by atoms with van der Waals surface area (Å²) in [6, 6.07) is 1.66. The number of hydrogen-bond acceptors (Lipinski definition) is 4. The van der Waals surface area contributed by atoms with Gasteiger partial charge in [0.25, 0.3) is 0 Å². The van der Waals surface area contributed by atoms with Crippen LogP contribution in [0.25, 0.3) is 11.4 Å². The van der Waals surface area contributed by atoms with Crippen LogP contribution in [0.4, 0.5) is 0 Å². The van der Waals surface area contributed by atoms with Crippen molar-refractivity contribution in [3.05, 3.63) is 22.2 Å². The van der Waals surface area contributed by atoms with Gasteiger partial charge in [0.05, 0.1) is 5.56 Å². The van der Waals surface area contributed by atoms with E-state index in [9.17, 15) is 0 Å². The van der Waals surface area contributed by atoms with Gasteiger partial charge in [0.2, 0.25) is 0 Å². The summed E-state index contributed by atoms with van der Waals surface area (Å²) in [6.45, 7) is 0. The van der Waals surface area contributed by atoms with Crippen molar-refractivity contribution in [1.29, 1.82) is 0 Å². The fourth-order valence-corrected chi connectivity index (χ4v) is 1.43. The van der Waals surface area contributed by atoms with Gasteiger partial charge in [-0.2, -0.15) is 10.2 Å². The fourth-order valence-electron chi connectivity index (χ4n) is 1.09. The molecule has 72 valence electrons. The molecule has 0 saturated carbocycles. The summed E-state index contributed by atoms with van der Waals surface area (Å²) in [5.41, 5.74) is 0.722. The maximum Gasteiger partial charge on any atom is 0.160 e. The molecule has 0 aromatic carbocycles. The third kappa shape index (κ3) is 1.53. The van der Waals surface area contributed by atoms with Crippen molar-refractivity contribution in [3.63, 3.8) is 0 Å². The minimum Gasteiger partial charge on any atom is -0.266 e. The maximum atomic E-state index is 5.74. The van der Waals surface area contributed by atoms with Gasteiger partial charge in [-0.3, -0.25) is 5.10 Å². The van der Waals surface area contributed by atoms with Crippen LogP contribution in [-0.2, 0) is 7.05 Å². The van der Waals surface area contributed by atoms with Crippen molar-refractivity contribution in [3.8, 4) is 11.4 Å². The van der Waals surface area contributed by atoms with Crippen LogP contribution in [-0.4, -0.2) is 25.0 Å². The van der Waals surface area contributed by atoms with Crippen LogP contribution in [0.1, 0.15) is 0 Å². The predicted molar refractivity (Wildman–Crippen MR) is 54.4 cm³/mol. The Morgan fingerprint density at radius 3 is 3.00 bits per heavy atom. The zero-order valence-electron chi connectivity index (χ0n) is 7.23. The first-order valence-electron chi connectivity index (χ1n) is 3.78. The molecule has 2 rings (SSSR count). The first kappa shape index (κ1) is 9.29. The zero-order chi connectivity index (χ0) is 10.1. The second-order valence-corrected chi connectivity index (χ2v) is 3.44. The lowest BCUT2D eigenvalue weighted by Gasteiger charge is -2.00. The van der Waals surface area contributed by atoms with Gasteiger partial charge in [-0.15, -0.1) is 0 Å². The molecule has 5 nitrogen and oxygen atoms in total. The second-order valence-electron chi connectivity index (χ2n) is 2.64. The smallest absolute Gasteiger partial charge is 0.160 e. The van der Waals surface area contributed by atoms with E-state index < -0.39 is 0 Å². The van der Waals surface area contributed by atoms with Gasteiger partial charge >= 0.3 is 0 Å². The van der Waals surface area contributed by atoms with Crippen LogP contribution in [0.2, 0.25) is 5.15 Å². The van der Waals surface area contributed by atoms with Crippen LogP contribution in [0.5, 0.6) is 0 Å². The normalized spacial score (nSPS) is 10.4. The van der Waals surface area contributed by atoms with Crippen molar-refractivity contribution in [1.82, 2.24) is 25.0 Å². The number of aromatic amines is 1. The first-order valence-corrected chi connectivity index (χ1v) is 4.56. The van der Waals surface area contributed by atoms with Gasteiger partial charge in [-0.25, -0.2) is 9.67 Å². The van der Waals surface area contributed by atoms with E-state index in [1.807, 2.05) is 0 Å². The number of aromatic nitrogens is 5. The van der Waals surface area contributed by atoms with Crippen LogP contribution in [0.3, 0.4) is 0 Å². The summed E-state index contributed by atoms with van der Waals surface area (Å²) in [5, 5.41) is 10.7. The summed E-state index contributed by atoms with van der Waals surface area (Å²) in [6.07, 6.45) is 1.46. The van der Waals surface area contributed by atoms with Crippen molar-refractivity contribution >= 4 is 23.8 Å². The number of rotatable bonds is 1. The average Bonchev–Trinajstić information content (AvgIpc) is 2.56.